The summed E-state index contributed by atoms with van der Waals surface area (Å²) in [5, 5.41) is 13.0. The number of aromatic nitrogens is 2. The summed E-state index contributed by atoms with van der Waals surface area (Å²) in [4.78, 5) is 15.9. The van der Waals surface area contributed by atoms with Crippen LogP contribution in [0.2, 0.25) is 0 Å². The molecular weight excluding hydrogens is 230 g/mol. The summed E-state index contributed by atoms with van der Waals surface area (Å²) in [6.45, 7) is 3.74. The van der Waals surface area contributed by atoms with Gasteiger partial charge in [0, 0.05) is 6.54 Å². The van der Waals surface area contributed by atoms with Gasteiger partial charge in [-0.05, 0) is 27.1 Å². The van der Waals surface area contributed by atoms with Crippen LogP contribution in [0.25, 0.3) is 0 Å². The number of rotatable bonds is 2. The minimum atomic E-state index is -0.130. The minimum absolute atomic E-state index is 0.117. The van der Waals surface area contributed by atoms with Gasteiger partial charge in [-0.15, -0.1) is 0 Å². The highest BCUT2D eigenvalue weighted by atomic mass is 16.2. The lowest BCUT2D eigenvalue weighted by atomic mass is 10.2. The van der Waals surface area contributed by atoms with E-state index < -0.39 is 0 Å². The number of hydrogen-bond acceptors (Lipinski definition) is 4. The molecule has 6 nitrogen and oxygen atoms in total. The van der Waals surface area contributed by atoms with Gasteiger partial charge in [-0.25, -0.2) is 0 Å². The molecule has 1 aromatic heterocycles. The van der Waals surface area contributed by atoms with E-state index in [4.69, 9.17) is 5.26 Å². The molecule has 0 radical (unpaired) electrons. The average molecular weight is 247 g/mol. The van der Waals surface area contributed by atoms with Crippen molar-refractivity contribution in [3.05, 3.63) is 17.5 Å². The van der Waals surface area contributed by atoms with Gasteiger partial charge in [0.25, 0.3) is 0 Å². The van der Waals surface area contributed by atoms with E-state index in [9.17, 15) is 4.79 Å². The molecule has 0 bridgehead atoms. The molecule has 96 valence electrons. The van der Waals surface area contributed by atoms with E-state index in [0.717, 1.165) is 5.69 Å². The van der Waals surface area contributed by atoms with Gasteiger partial charge in [0.15, 0.2) is 5.69 Å². The van der Waals surface area contributed by atoms with E-state index in [2.05, 4.69) is 5.10 Å². The first-order valence-electron chi connectivity index (χ1n) is 5.95. The molecule has 0 unspecified atom stereocenters. The predicted molar refractivity (Wildman–Crippen MR) is 65.5 cm³/mol. The molecule has 0 spiro atoms. The fourth-order valence-electron chi connectivity index (χ4n) is 1.99. The summed E-state index contributed by atoms with van der Waals surface area (Å²) >= 11 is 0. The van der Waals surface area contributed by atoms with Crippen LogP contribution in [0.5, 0.6) is 0 Å². The summed E-state index contributed by atoms with van der Waals surface area (Å²) in [6.07, 6.45) is 0. The van der Waals surface area contributed by atoms with Crippen molar-refractivity contribution in [3.63, 3.8) is 0 Å². The van der Waals surface area contributed by atoms with Crippen molar-refractivity contribution < 1.29 is 4.79 Å². The Morgan fingerprint density at radius 1 is 1.56 bits per heavy atom. The van der Waals surface area contributed by atoms with Crippen molar-refractivity contribution >= 4 is 5.91 Å². The Morgan fingerprint density at radius 2 is 2.28 bits per heavy atom. The maximum atomic E-state index is 12.2. The number of carbonyl (C=O) groups excluding carboxylic acids is 1. The van der Waals surface area contributed by atoms with Gasteiger partial charge in [-0.1, -0.05) is 0 Å². The molecule has 1 aromatic rings. The fraction of sp³-hybridized carbons (Fsp3) is 0.583. The van der Waals surface area contributed by atoms with Gasteiger partial charge in [0.2, 0.25) is 5.91 Å². The highest BCUT2D eigenvalue weighted by molar-refractivity contribution is 5.81. The Labute approximate surface area is 106 Å². The molecule has 0 N–H and O–H groups in total. The zero-order chi connectivity index (χ0) is 13.3. The Hall–Kier alpha value is -1.87. The molecule has 6 heteroatoms. The van der Waals surface area contributed by atoms with E-state index in [1.54, 1.807) is 6.07 Å². The number of amides is 1. The second-order valence-electron chi connectivity index (χ2n) is 4.76. The van der Waals surface area contributed by atoms with E-state index >= 15 is 0 Å². The van der Waals surface area contributed by atoms with Crippen LogP contribution in [0.4, 0.5) is 0 Å². The largest absolute Gasteiger partial charge is 0.334 e. The maximum Gasteiger partial charge on any atom is 0.240 e. The topological polar surface area (TPSA) is 65.2 Å². The average Bonchev–Trinajstić information content (AvgIpc) is 2.78. The number of fused-ring (bicyclic) bond motifs is 1. The van der Waals surface area contributed by atoms with Crippen LogP contribution >= 0.6 is 0 Å². The predicted octanol–water partition coefficient (Wildman–Crippen LogP) is 0.0471. The lowest BCUT2D eigenvalue weighted by Gasteiger charge is -2.31. The van der Waals surface area contributed by atoms with Gasteiger partial charge in [0.05, 0.1) is 24.8 Å². The van der Waals surface area contributed by atoms with Gasteiger partial charge in [-0.3, -0.25) is 14.4 Å². The number of carbonyl (C=O) groups is 1. The lowest BCUT2D eigenvalue weighted by molar-refractivity contribution is -0.137. The van der Waals surface area contributed by atoms with Crippen molar-refractivity contribution in [2.24, 2.45) is 0 Å². The zero-order valence-electron chi connectivity index (χ0n) is 10.9. The molecule has 0 saturated carbocycles. The van der Waals surface area contributed by atoms with Crippen molar-refractivity contribution in [2.45, 2.75) is 26.1 Å². The molecular formula is C12H17N5O. The lowest BCUT2D eigenvalue weighted by Crippen LogP contribution is -2.47. The normalized spacial score (nSPS) is 16.3. The van der Waals surface area contributed by atoms with E-state index in [0.29, 0.717) is 25.3 Å². The molecule has 0 saturated heterocycles. The highest BCUT2D eigenvalue weighted by Crippen LogP contribution is 2.15. The summed E-state index contributed by atoms with van der Waals surface area (Å²) < 4.78 is 1.81. The molecule has 1 aliphatic heterocycles. The van der Waals surface area contributed by atoms with Gasteiger partial charge in [-0.2, -0.15) is 10.4 Å². The first-order chi connectivity index (χ1) is 8.52. The fourth-order valence-corrected chi connectivity index (χ4v) is 1.99. The van der Waals surface area contributed by atoms with Crippen LogP contribution in [0.3, 0.4) is 0 Å². The quantitative estimate of drug-likeness (QED) is 0.740. The minimum Gasteiger partial charge on any atom is -0.334 e. The van der Waals surface area contributed by atoms with Crippen LogP contribution in [0, 0.1) is 11.3 Å². The van der Waals surface area contributed by atoms with Crippen molar-refractivity contribution in [1.82, 2.24) is 19.6 Å². The summed E-state index contributed by atoms with van der Waals surface area (Å²) in [5.74, 6) is 0.117. The van der Waals surface area contributed by atoms with Crippen LogP contribution in [-0.2, 0) is 17.9 Å². The molecule has 2 heterocycles. The van der Waals surface area contributed by atoms with Crippen LogP contribution < -0.4 is 0 Å². The third kappa shape index (κ3) is 2.22. The Morgan fingerprint density at radius 3 is 2.89 bits per heavy atom. The van der Waals surface area contributed by atoms with E-state index in [-0.39, 0.29) is 11.9 Å². The van der Waals surface area contributed by atoms with Crippen molar-refractivity contribution in [3.8, 4) is 6.07 Å². The summed E-state index contributed by atoms with van der Waals surface area (Å²) in [6, 6.07) is 3.65. The van der Waals surface area contributed by atoms with E-state index in [1.165, 1.54) is 0 Å². The molecule has 0 aromatic carbocycles. The zero-order valence-corrected chi connectivity index (χ0v) is 10.9. The number of nitriles is 1. The SMILES string of the molecule is C[C@H](C(=O)N1CCn2nc(C#N)cc2C1)N(C)C. The standard InChI is InChI=1S/C12H17N5O/c1-9(15(2)3)12(18)16-4-5-17-11(8-16)6-10(7-13)14-17/h6,9H,4-5,8H2,1-3H3/t9-/m1/s1. The molecule has 1 aliphatic rings. The van der Waals surface area contributed by atoms with Crippen LogP contribution in [0.15, 0.2) is 6.07 Å². The Kier molecular flexibility index (Phi) is 3.34. The molecule has 1 atom stereocenters. The number of likely N-dealkylation sites (N-methyl/N-ethyl adjacent to an activating group) is 1. The Bertz CT molecular complexity index is 499. The molecule has 2 rings (SSSR count). The summed E-state index contributed by atoms with van der Waals surface area (Å²) in [5.41, 5.74) is 1.34. The smallest absolute Gasteiger partial charge is 0.240 e. The third-order valence-corrected chi connectivity index (χ3v) is 3.36. The van der Waals surface area contributed by atoms with Gasteiger partial charge < -0.3 is 4.90 Å². The summed E-state index contributed by atoms with van der Waals surface area (Å²) in [7, 11) is 3.79. The number of hydrogen-bond donors (Lipinski definition) is 0. The highest BCUT2D eigenvalue weighted by Gasteiger charge is 2.26. The van der Waals surface area contributed by atoms with Crippen molar-refractivity contribution in [1.29, 1.82) is 5.26 Å². The maximum absolute atomic E-state index is 12.2. The molecule has 0 aliphatic carbocycles. The molecule has 0 fully saturated rings. The van der Waals surface area contributed by atoms with Crippen molar-refractivity contribution in [2.75, 3.05) is 20.6 Å². The first-order valence-corrected chi connectivity index (χ1v) is 5.95. The second kappa shape index (κ2) is 4.78. The second-order valence-corrected chi connectivity index (χ2v) is 4.76. The molecule has 18 heavy (non-hydrogen) atoms. The molecule has 1 amide bonds. The van der Waals surface area contributed by atoms with Gasteiger partial charge >= 0.3 is 0 Å². The van der Waals surface area contributed by atoms with Crippen LogP contribution in [0.1, 0.15) is 18.3 Å². The first kappa shape index (κ1) is 12.6. The third-order valence-electron chi connectivity index (χ3n) is 3.36. The van der Waals surface area contributed by atoms with Crippen LogP contribution in [-0.4, -0.2) is 52.2 Å². The Balaban J connectivity index is 2.12. The van der Waals surface area contributed by atoms with Gasteiger partial charge in [0.1, 0.15) is 6.07 Å². The monoisotopic (exact) mass is 247 g/mol. The van der Waals surface area contributed by atoms with E-state index in [1.807, 2.05) is 41.6 Å². The number of nitrogens with zero attached hydrogens (tertiary/aromatic N) is 5.